The second-order valence-corrected chi connectivity index (χ2v) is 4.46. The van der Waals surface area contributed by atoms with Crippen LogP contribution < -0.4 is 4.74 Å². The number of aliphatic hydroxyl groups is 1. The number of para-hydroxylation sites is 1. The third-order valence-corrected chi connectivity index (χ3v) is 2.93. The Hall–Kier alpha value is -1.39. The van der Waals surface area contributed by atoms with Crippen LogP contribution in [0.25, 0.3) is 0 Å². The second-order valence-electron chi connectivity index (χ2n) is 3.55. The largest absolute Gasteiger partial charge is 0.496 e. The second kappa shape index (κ2) is 5.29. The normalized spacial score (nSPS) is 12.2. The molecule has 0 saturated carbocycles. The predicted octanol–water partition coefficient (Wildman–Crippen LogP) is 2.93. The van der Waals surface area contributed by atoms with Crippen molar-refractivity contribution in [2.45, 2.75) is 6.10 Å². The van der Waals surface area contributed by atoms with Gasteiger partial charge in [0.15, 0.2) is 0 Å². The van der Waals surface area contributed by atoms with E-state index in [0.717, 1.165) is 4.47 Å². The molecule has 0 amide bonds. The molecule has 88 valence electrons. The lowest BCUT2D eigenvalue weighted by atomic mass is 10.1. The molecule has 1 aromatic heterocycles. The number of halogens is 1. The highest BCUT2D eigenvalue weighted by atomic mass is 79.9. The fraction of sp³-hybridized carbons (Fsp3) is 0.154. The van der Waals surface area contributed by atoms with E-state index in [-0.39, 0.29) is 0 Å². The Morgan fingerprint density at radius 1 is 1.24 bits per heavy atom. The Bertz CT molecular complexity index is 499. The van der Waals surface area contributed by atoms with Gasteiger partial charge in [-0.15, -0.1) is 0 Å². The van der Waals surface area contributed by atoms with Crippen LogP contribution >= 0.6 is 15.9 Å². The van der Waals surface area contributed by atoms with Crippen LogP contribution in [-0.4, -0.2) is 17.2 Å². The van der Waals surface area contributed by atoms with Gasteiger partial charge in [-0.25, -0.2) is 0 Å². The number of aromatic nitrogens is 1. The molecule has 17 heavy (non-hydrogen) atoms. The highest BCUT2D eigenvalue weighted by molar-refractivity contribution is 9.10. The number of aliphatic hydroxyl groups excluding tert-OH is 1. The molecule has 0 fully saturated rings. The molecule has 2 rings (SSSR count). The van der Waals surface area contributed by atoms with Gasteiger partial charge in [0.05, 0.1) is 12.8 Å². The van der Waals surface area contributed by atoms with Crippen LogP contribution in [0.1, 0.15) is 17.4 Å². The van der Waals surface area contributed by atoms with Crippen molar-refractivity contribution in [3.05, 3.63) is 58.3 Å². The fourth-order valence-corrected chi connectivity index (χ4v) is 1.84. The number of methoxy groups -OCH3 is 1. The van der Waals surface area contributed by atoms with Gasteiger partial charge in [-0.1, -0.05) is 18.2 Å². The quantitative estimate of drug-likeness (QED) is 0.946. The summed E-state index contributed by atoms with van der Waals surface area (Å²) in [6.45, 7) is 0. The molecular weight excluding hydrogens is 282 g/mol. The van der Waals surface area contributed by atoms with E-state index < -0.39 is 6.10 Å². The summed E-state index contributed by atoms with van der Waals surface area (Å²) < 4.78 is 6.10. The smallest absolute Gasteiger partial charge is 0.125 e. The van der Waals surface area contributed by atoms with Gasteiger partial charge in [0.1, 0.15) is 11.9 Å². The topological polar surface area (TPSA) is 42.4 Å². The maximum Gasteiger partial charge on any atom is 0.125 e. The molecule has 0 aliphatic heterocycles. The molecule has 0 spiro atoms. The average Bonchev–Trinajstić information content (AvgIpc) is 2.39. The first kappa shape index (κ1) is 12.1. The van der Waals surface area contributed by atoms with Crippen LogP contribution in [0.2, 0.25) is 0 Å². The van der Waals surface area contributed by atoms with Gasteiger partial charge in [-0.2, -0.15) is 0 Å². The van der Waals surface area contributed by atoms with Crippen molar-refractivity contribution in [1.29, 1.82) is 0 Å². The minimum atomic E-state index is -0.778. The van der Waals surface area contributed by atoms with Gasteiger partial charge >= 0.3 is 0 Å². The van der Waals surface area contributed by atoms with Gasteiger partial charge in [-0.05, 0) is 34.1 Å². The van der Waals surface area contributed by atoms with Crippen molar-refractivity contribution in [2.75, 3.05) is 7.11 Å². The molecule has 1 N–H and O–H groups in total. The minimum Gasteiger partial charge on any atom is -0.496 e. The highest BCUT2D eigenvalue weighted by Gasteiger charge is 2.15. The van der Waals surface area contributed by atoms with Gasteiger partial charge in [0.25, 0.3) is 0 Å². The third-order valence-electron chi connectivity index (χ3n) is 2.46. The number of ether oxygens (including phenoxy) is 1. The molecule has 0 radical (unpaired) electrons. The van der Waals surface area contributed by atoms with Crippen molar-refractivity contribution in [1.82, 2.24) is 4.98 Å². The number of hydrogen-bond acceptors (Lipinski definition) is 3. The number of rotatable bonds is 3. The van der Waals surface area contributed by atoms with Crippen LogP contribution in [0, 0.1) is 0 Å². The first-order valence-corrected chi connectivity index (χ1v) is 5.94. The highest BCUT2D eigenvalue weighted by Crippen LogP contribution is 2.28. The summed E-state index contributed by atoms with van der Waals surface area (Å²) in [5.74, 6) is 0.657. The fourth-order valence-electron chi connectivity index (χ4n) is 1.60. The van der Waals surface area contributed by atoms with Crippen LogP contribution in [0.4, 0.5) is 0 Å². The number of nitrogens with zero attached hydrogens (tertiary/aromatic N) is 1. The van der Waals surface area contributed by atoms with Crippen molar-refractivity contribution in [3.8, 4) is 5.75 Å². The zero-order chi connectivity index (χ0) is 12.3. The lowest BCUT2D eigenvalue weighted by Crippen LogP contribution is -2.04. The molecule has 0 aliphatic rings. The summed E-state index contributed by atoms with van der Waals surface area (Å²) in [7, 11) is 1.58. The monoisotopic (exact) mass is 293 g/mol. The molecule has 3 nitrogen and oxygen atoms in total. The Kier molecular flexibility index (Phi) is 3.76. The zero-order valence-corrected chi connectivity index (χ0v) is 10.9. The number of hydrogen-bond donors (Lipinski definition) is 1. The van der Waals surface area contributed by atoms with Gasteiger partial charge < -0.3 is 9.84 Å². The minimum absolute atomic E-state index is 0.595. The van der Waals surface area contributed by atoms with Crippen molar-refractivity contribution in [2.24, 2.45) is 0 Å². The van der Waals surface area contributed by atoms with E-state index in [4.69, 9.17) is 4.74 Å². The molecular formula is C13H12BrNO2. The van der Waals surface area contributed by atoms with Gasteiger partial charge in [0, 0.05) is 16.2 Å². The molecule has 1 unspecified atom stereocenters. The van der Waals surface area contributed by atoms with E-state index in [1.165, 1.54) is 0 Å². The van der Waals surface area contributed by atoms with Crippen LogP contribution in [-0.2, 0) is 0 Å². The maximum absolute atomic E-state index is 10.2. The predicted molar refractivity (Wildman–Crippen MR) is 69.0 cm³/mol. The third kappa shape index (κ3) is 2.65. The lowest BCUT2D eigenvalue weighted by molar-refractivity contribution is 0.210. The zero-order valence-electron chi connectivity index (χ0n) is 9.30. The summed E-state index contributed by atoms with van der Waals surface area (Å²) in [6.07, 6.45) is 0.882. The number of benzene rings is 1. The average molecular weight is 294 g/mol. The summed E-state index contributed by atoms with van der Waals surface area (Å²) in [6, 6.07) is 11.0. The molecule has 1 aromatic carbocycles. The van der Waals surface area contributed by atoms with E-state index in [1.807, 2.05) is 30.3 Å². The van der Waals surface area contributed by atoms with E-state index >= 15 is 0 Å². The van der Waals surface area contributed by atoms with Crippen molar-refractivity contribution >= 4 is 15.9 Å². The van der Waals surface area contributed by atoms with Gasteiger partial charge in [-0.3, -0.25) is 4.98 Å². The van der Waals surface area contributed by atoms with Gasteiger partial charge in [0.2, 0.25) is 0 Å². The lowest BCUT2D eigenvalue weighted by Gasteiger charge is -2.14. The van der Waals surface area contributed by atoms with Crippen LogP contribution in [0.15, 0.2) is 47.1 Å². The van der Waals surface area contributed by atoms with Crippen LogP contribution in [0.3, 0.4) is 0 Å². The Morgan fingerprint density at radius 3 is 2.65 bits per heavy atom. The molecule has 4 heteroatoms. The first-order chi connectivity index (χ1) is 8.22. The summed E-state index contributed by atoms with van der Waals surface area (Å²) in [4.78, 5) is 4.18. The Morgan fingerprint density at radius 2 is 2.00 bits per heavy atom. The maximum atomic E-state index is 10.2. The molecule has 0 aliphatic carbocycles. The number of pyridine rings is 1. The van der Waals surface area contributed by atoms with E-state index in [2.05, 4.69) is 20.9 Å². The Balaban J connectivity index is 2.36. The molecule has 1 atom stereocenters. The molecule has 1 heterocycles. The first-order valence-electron chi connectivity index (χ1n) is 5.15. The van der Waals surface area contributed by atoms with E-state index in [1.54, 1.807) is 19.4 Å². The SMILES string of the molecule is COc1ccccc1C(O)c1ccc(Br)cn1. The van der Waals surface area contributed by atoms with E-state index in [9.17, 15) is 5.11 Å². The van der Waals surface area contributed by atoms with Crippen molar-refractivity contribution < 1.29 is 9.84 Å². The standard InChI is InChI=1S/C13H12BrNO2/c1-17-12-5-3-2-4-10(12)13(16)11-7-6-9(14)8-15-11/h2-8,13,16H,1H3. The molecule has 0 saturated heterocycles. The van der Waals surface area contributed by atoms with Crippen molar-refractivity contribution in [3.63, 3.8) is 0 Å². The summed E-state index contributed by atoms with van der Waals surface area (Å²) in [5, 5.41) is 10.2. The van der Waals surface area contributed by atoms with Crippen LogP contribution in [0.5, 0.6) is 5.75 Å². The Labute approximate surface area is 108 Å². The molecule has 2 aromatic rings. The van der Waals surface area contributed by atoms with E-state index in [0.29, 0.717) is 17.0 Å². The summed E-state index contributed by atoms with van der Waals surface area (Å²) >= 11 is 3.31. The molecule has 0 bridgehead atoms. The summed E-state index contributed by atoms with van der Waals surface area (Å²) in [5.41, 5.74) is 1.31.